The molecule has 3 heterocycles. The van der Waals surface area contributed by atoms with Gasteiger partial charge in [-0.1, -0.05) is 0 Å². The second-order valence-corrected chi connectivity index (χ2v) is 9.01. The number of hydrogen-bond acceptors (Lipinski definition) is 8. The first-order valence-corrected chi connectivity index (χ1v) is 12.3. The van der Waals surface area contributed by atoms with Crippen molar-refractivity contribution in [3.63, 3.8) is 0 Å². The maximum atomic E-state index is 13.0. The second-order valence-electron chi connectivity index (χ2n) is 9.01. The zero-order valence-electron chi connectivity index (χ0n) is 21.3. The predicted octanol–water partition coefficient (Wildman–Crippen LogP) is 2.12. The largest absolute Gasteiger partial charge is 0.493 e. The first-order chi connectivity index (χ1) is 18.0. The summed E-state index contributed by atoms with van der Waals surface area (Å²) < 4.78 is 27.7. The Hall–Kier alpha value is -4.02. The smallest absolute Gasteiger partial charge is 0.317 e. The van der Waals surface area contributed by atoms with Gasteiger partial charge in [0.2, 0.25) is 11.7 Å². The lowest BCUT2D eigenvalue weighted by molar-refractivity contribution is -0.117. The third kappa shape index (κ3) is 4.85. The van der Waals surface area contributed by atoms with E-state index in [9.17, 15) is 9.59 Å². The molecule has 11 heteroatoms. The molecule has 11 nitrogen and oxygen atoms in total. The van der Waals surface area contributed by atoms with Crippen LogP contribution in [0, 0.1) is 0 Å². The lowest BCUT2D eigenvalue weighted by Crippen LogP contribution is -2.54. The minimum absolute atomic E-state index is 0.0349. The molecule has 37 heavy (non-hydrogen) atoms. The van der Waals surface area contributed by atoms with Crippen LogP contribution in [0.2, 0.25) is 0 Å². The van der Waals surface area contributed by atoms with Crippen molar-refractivity contribution < 1.29 is 33.3 Å². The van der Waals surface area contributed by atoms with Crippen LogP contribution in [-0.2, 0) is 4.79 Å². The third-order valence-electron chi connectivity index (χ3n) is 6.88. The zero-order chi connectivity index (χ0) is 25.9. The number of benzene rings is 2. The van der Waals surface area contributed by atoms with Gasteiger partial charge >= 0.3 is 6.03 Å². The molecule has 0 saturated carbocycles. The molecule has 2 saturated heterocycles. The van der Waals surface area contributed by atoms with E-state index in [2.05, 4.69) is 10.2 Å². The number of amides is 3. The topological polar surface area (TPSA) is 102 Å². The molecule has 198 valence electrons. The Labute approximate surface area is 215 Å². The molecule has 1 N–H and O–H groups in total. The first kappa shape index (κ1) is 24.7. The Kier molecular flexibility index (Phi) is 7.02. The molecule has 3 aliphatic heterocycles. The number of methoxy groups -OCH3 is 3. The summed E-state index contributed by atoms with van der Waals surface area (Å²) in [6.45, 7) is 3.74. The minimum atomic E-state index is -0.267. The fourth-order valence-electron chi connectivity index (χ4n) is 5.00. The van der Waals surface area contributed by atoms with Crippen LogP contribution in [-0.4, -0.2) is 90.1 Å². The monoisotopic (exact) mass is 512 g/mol. The number of rotatable bonds is 6. The van der Waals surface area contributed by atoms with Gasteiger partial charge in [-0.05, 0) is 24.3 Å². The fraction of sp³-hybridized carbons (Fsp3) is 0.462. The molecule has 0 spiro atoms. The highest BCUT2D eigenvalue weighted by molar-refractivity contribution is 5.97. The van der Waals surface area contributed by atoms with Gasteiger partial charge in [0.25, 0.3) is 0 Å². The molecule has 2 aromatic rings. The quantitative estimate of drug-likeness (QED) is 0.628. The van der Waals surface area contributed by atoms with E-state index in [1.54, 1.807) is 31.1 Å². The number of urea groups is 1. The van der Waals surface area contributed by atoms with Crippen molar-refractivity contribution in [3.05, 3.63) is 30.3 Å². The molecule has 0 radical (unpaired) electrons. The van der Waals surface area contributed by atoms with Gasteiger partial charge in [-0.3, -0.25) is 4.79 Å². The van der Waals surface area contributed by atoms with Gasteiger partial charge in [0.15, 0.2) is 23.0 Å². The lowest BCUT2D eigenvalue weighted by atomic mass is 10.2. The number of piperazine rings is 1. The SMILES string of the molecule is COc1ccc(N2CCN(C(=O)NC3CC(=O)N(c4ccc5c(c4)OCCO5)C3)CC2)c(OC)c1OC. The number of ether oxygens (including phenoxy) is 5. The number of anilines is 2. The number of fused-ring (bicyclic) bond motifs is 1. The number of nitrogens with zero attached hydrogens (tertiary/aromatic N) is 3. The van der Waals surface area contributed by atoms with Crippen molar-refractivity contribution >= 4 is 23.3 Å². The number of nitrogens with one attached hydrogen (secondary N) is 1. The molecule has 2 fully saturated rings. The van der Waals surface area contributed by atoms with E-state index in [4.69, 9.17) is 23.7 Å². The van der Waals surface area contributed by atoms with Gasteiger partial charge < -0.3 is 43.7 Å². The number of hydrogen-bond donors (Lipinski definition) is 1. The second kappa shape index (κ2) is 10.5. The maximum absolute atomic E-state index is 13.0. The van der Waals surface area contributed by atoms with Gasteiger partial charge in [0.1, 0.15) is 13.2 Å². The predicted molar refractivity (Wildman–Crippen MR) is 137 cm³/mol. The van der Waals surface area contributed by atoms with E-state index in [-0.39, 0.29) is 24.4 Å². The van der Waals surface area contributed by atoms with Crippen LogP contribution in [0.5, 0.6) is 28.7 Å². The summed E-state index contributed by atoms with van der Waals surface area (Å²) in [6.07, 6.45) is 0.253. The van der Waals surface area contributed by atoms with Crippen molar-refractivity contribution in [3.8, 4) is 28.7 Å². The highest BCUT2D eigenvalue weighted by Crippen LogP contribution is 2.44. The Balaban J connectivity index is 1.18. The molecule has 0 aliphatic carbocycles. The number of carbonyl (C=O) groups excluding carboxylic acids is 2. The molecule has 1 atom stereocenters. The summed E-state index contributed by atoms with van der Waals surface area (Å²) in [7, 11) is 4.76. The zero-order valence-corrected chi connectivity index (χ0v) is 21.3. The Morgan fingerprint density at radius 2 is 1.65 bits per heavy atom. The van der Waals surface area contributed by atoms with Crippen LogP contribution >= 0.6 is 0 Å². The molecule has 0 bridgehead atoms. The van der Waals surface area contributed by atoms with Crippen LogP contribution in [0.15, 0.2) is 30.3 Å². The molecule has 2 aromatic carbocycles. The van der Waals surface area contributed by atoms with E-state index < -0.39 is 0 Å². The lowest BCUT2D eigenvalue weighted by Gasteiger charge is -2.37. The van der Waals surface area contributed by atoms with E-state index in [1.807, 2.05) is 30.3 Å². The van der Waals surface area contributed by atoms with E-state index >= 15 is 0 Å². The minimum Gasteiger partial charge on any atom is -0.493 e. The van der Waals surface area contributed by atoms with Crippen molar-refractivity contribution in [1.29, 1.82) is 0 Å². The normalized spacial score (nSPS) is 19.1. The molecular weight excluding hydrogens is 480 g/mol. The van der Waals surface area contributed by atoms with Crippen LogP contribution in [0.4, 0.5) is 16.2 Å². The average Bonchev–Trinajstić information content (AvgIpc) is 3.31. The fourth-order valence-corrected chi connectivity index (χ4v) is 5.00. The van der Waals surface area contributed by atoms with E-state index in [0.717, 1.165) is 11.4 Å². The molecule has 3 aliphatic rings. The molecule has 3 amide bonds. The number of carbonyl (C=O) groups is 2. The van der Waals surface area contributed by atoms with Gasteiger partial charge in [0.05, 0.1) is 33.1 Å². The van der Waals surface area contributed by atoms with Crippen LogP contribution in [0.1, 0.15) is 6.42 Å². The highest BCUT2D eigenvalue weighted by atomic mass is 16.6. The van der Waals surface area contributed by atoms with Crippen LogP contribution in [0.25, 0.3) is 0 Å². The Morgan fingerprint density at radius 3 is 2.35 bits per heavy atom. The average molecular weight is 513 g/mol. The van der Waals surface area contributed by atoms with E-state index in [1.165, 1.54) is 0 Å². The van der Waals surface area contributed by atoms with Gasteiger partial charge in [-0.2, -0.15) is 0 Å². The van der Waals surface area contributed by atoms with Crippen molar-refractivity contribution in [2.45, 2.75) is 12.5 Å². The van der Waals surface area contributed by atoms with Crippen LogP contribution in [0.3, 0.4) is 0 Å². The molecule has 0 aromatic heterocycles. The summed E-state index contributed by atoms with van der Waals surface area (Å²) in [5.74, 6) is 3.01. The van der Waals surface area contributed by atoms with Gasteiger partial charge in [-0.15, -0.1) is 0 Å². The summed E-state index contributed by atoms with van der Waals surface area (Å²) in [6, 6.07) is 8.83. The Bertz CT molecular complexity index is 1170. The maximum Gasteiger partial charge on any atom is 0.317 e. The van der Waals surface area contributed by atoms with Crippen LogP contribution < -0.4 is 38.8 Å². The summed E-state index contributed by atoms with van der Waals surface area (Å²) >= 11 is 0. The molecule has 5 rings (SSSR count). The summed E-state index contributed by atoms with van der Waals surface area (Å²) in [5, 5.41) is 3.04. The van der Waals surface area contributed by atoms with Crippen molar-refractivity contribution in [2.24, 2.45) is 0 Å². The van der Waals surface area contributed by atoms with E-state index in [0.29, 0.717) is 74.7 Å². The highest BCUT2D eigenvalue weighted by Gasteiger charge is 2.34. The van der Waals surface area contributed by atoms with Crippen molar-refractivity contribution in [1.82, 2.24) is 10.2 Å². The van der Waals surface area contributed by atoms with Gasteiger partial charge in [-0.25, -0.2) is 4.79 Å². The first-order valence-electron chi connectivity index (χ1n) is 12.3. The molecular formula is C26H32N4O7. The third-order valence-corrected chi connectivity index (χ3v) is 6.88. The summed E-state index contributed by atoms with van der Waals surface area (Å²) in [4.78, 5) is 31.4. The molecule has 1 unspecified atom stereocenters. The van der Waals surface area contributed by atoms with Crippen molar-refractivity contribution in [2.75, 3.05) is 77.1 Å². The Morgan fingerprint density at radius 1 is 0.919 bits per heavy atom. The standard InChI is InChI=1S/C26H32N4O7/c1-33-21-7-5-19(24(34-2)25(21)35-3)28-8-10-29(11-9-28)26(32)27-17-14-23(31)30(16-17)18-4-6-20-22(15-18)37-13-12-36-20/h4-7,15,17H,8-14,16H2,1-3H3,(H,27,32). The van der Waals surface area contributed by atoms with Gasteiger partial charge in [0, 0.05) is 50.9 Å². The summed E-state index contributed by atoms with van der Waals surface area (Å²) in [5.41, 5.74) is 1.63.